The molecule has 2 aliphatic heterocycles. The van der Waals surface area contributed by atoms with Crippen LogP contribution in [0.25, 0.3) is 16.8 Å². The van der Waals surface area contributed by atoms with Crippen LogP contribution in [0.2, 0.25) is 0 Å². The highest BCUT2D eigenvalue weighted by Crippen LogP contribution is 2.35. The molecule has 37 heavy (non-hydrogen) atoms. The van der Waals surface area contributed by atoms with E-state index in [9.17, 15) is 5.11 Å². The quantitative estimate of drug-likeness (QED) is 0.378. The van der Waals surface area contributed by atoms with E-state index < -0.39 is 17.2 Å². The van der Waals surface area contributed by atoms with Crippen molar-refractivity contribution in [1.29, 1.82) is 0 Å². The molecule has 6 rings (SSSR count). The van der Waals surface area contributed by atoms with Crippen molar-refractivity contribution in [1.82, 2.24) is 19.6 Å². The van der Waals surface area contributed by atoms with E-state index in [-0.39, 0.29) is 36.1 Å². The zero-order valence-corrected chi connectivity index (χ0v) is 20.2. The van der Waals surface area contributed by atoms with Gasteiger partial charge in [0.25, 0.3) is 0 Å². The van der Waals surface area contributed by atoms with Crippen LogP contribution in [-0.4, -0.2) is 57.0 Å². The molecule has 2 fully saturated rings. The lowest BCUT2D eigenvalue weighted by Crippen LogP contribution is -2.46. The van der Waals surface area contributed by atoms with Crippen molar-refractivity contribution >= 4 is 22.8 Å². The second-order valence-corrected chi connectivity index (χ2v) is 10.0. The highest BCUT2D eigenvalue weighted by Gasteiger charge is 2.39. The standard InChI is InChI=1S/C26H27F2N7O2/c1-15-6-17(29)12-34(11-15)23-4-5-30-10-22(23)32-25-31-9-18-2-3-21(33-35(18)25)24-19(27)7-16(8-20(24)28)26(36)13-37-14-26/h2-5,7-10,15,17,36H,6,11-14,29H2,1H3,(H,31,32)/t15-,17+/m1/s1. The van der Waals surface area contributed by atoms with Gasteiger partial charge in [-0.1, -0.05) is 6.92 Å². The summed E-state index contributed by atoms with van der Waals surface area (Å²) in [6.07, 6.45) is 6.03. The molecule has 2 atom stereocenters. The first-order valence-corrected chi connectivity index (χ1v) is 12.2. The molecule has 11 heteroatoms. The largest absolute Gasteiger partial charge is 0.380 e. The number of aliphatic hydroxyl groups is 1. The molecule has 4 N–H and O–H groups in total. The number of piperidine rings is 1. The second-order valence-electron chi connectivity index (χ2n) is 10.0. The van der Waals surface area contributed by atoms with Gasteiger partial charge in [-0.15, -0.1) is 0 Å². The number of aromatic nitrogens is 4. The molecule has 9 nitrogen and oxygen atoms in total. The minimum atomic E-state index is -1.38. The van der Waals surface area contributed by atoms with Crippen molar-refractivity contribution in [2.24, 2.45) is 11.7 Å². The summed E-state index contributed by atoms with van der Waals surface area (Å²) >= 11 is 0. The van der Waals surface area contributed by atoms with Crippen LogP contribution < -0.4 is 16.0 Å². The number of fused-ring (bicyclic) bond motifs is 1. The molecule has 1 aromatic carbocycles. The molecule has 4 aromatic rings. The Morgan fingerprint density at radius 3 is 2.62 bits per heavy atom. The van der Waals surface area contributed by atoms with E-state index in [0.29, 0.717) is 17.4 Å². The summed E-state index contributed by atoms with van der Waals surface area (Å²) < 4.78 is 36.7. The fraction of sp³-hybridized carbons (Fsp3) is 0.346. The molecular weight excluding hydrogens is 480 g/mol. The van der Waals surface area contributed by atoms with Gasteiger partial charge in [-0.25, -0.2) is 13.8 Å². The molecule has 0 unspecified atom stereocenters. The number of hydrogen-bond acceptors (Lipinski definition) is 8. The molecule has 0 amide bonds. The monoisotopic (exact) mass is 507 g/mol. The summed E-state index contributed by atoms with van der Waals surface area (Å²) in [4.78, 5) is 10.9. The molecule has 0 saturated carbocycles. The average molecular weight is 508 g/mol. The number of pyridine rings is 1. The Hall–Kier alpha value is -3.67. The molecular formula is C26H27F2N7O2. The van der Waals surface area contributed by atoms with Crippen molar-refractivity contribution in [2.45, 2.75) is 25.0 Å². The van der Waals surface area contributed by atoms with Crippen molar-refractivity contribution < 1.29 is 18.6 Å². The van der Waals surface area contributed by atoms with Gasteiger partial charge in [0.15, 0.2) is 0 Å². The van der Waals surface area contributed by atoms with Gasteiger partial charge in [0.05, 0.1) is 53.8 Å². The van der Waals surface area contributed by atoms with Crippen LogP contribution in [0.3, 0.4) is 0 Å². The lowest BCUT2D eigenvalue weighted by molar-refractivity contribution is -0.184. The molecule has 2 saturated heterocycles. The van der Waals surface area contributed by atoms with Crippen molar-refractivity contribution in [2.75, 3.05) is 36.5 Å². The van der Waals surface area contributed by atoms with Gasteiger partial charge < -0.3 is 25.8 Å². The third kappa shape index (κ3) is 4.28. The number of nitrogens with one attached hydrogen (secondary N) is 1. The summed E-state index contributed by atoms with van der Waals surface area (Å²) in [7, 11) is 0. The Balaban J connectivity index is 1.35. The summed E-state index contributed by atoms with van der Waals surface area (Å²) in [5.41, 5.74) is 7.14. The highest BCUT2D eigenvalue weighted by atomic mass is 19.1. The van der Waals surface area contributed by atoms with E-state index in [1.54, 1.807) is 24.7 Å². The number of anilines is 3. The fourth-order valence-electron chi connectivity index (χ4n) is 5.13. The van der Waals surface area contributed by atoms with E-state index in [1.165, 1.54) is 10.6 Å². The number of nitrogens with zero attached hydrogens (tertiary/aromatic N) is 5. The van der Waals surface area contributed by atoms with Gasteiger partial charge >= 0.3 is 0 Å². The summed E-state index contributed by atoms with van der Waals surface area (Å²) in [5.74, 6) is -0.808. The minimum Gasteiger partial charge on any atom is -0.380 e. The topological polar surface area (TPSA) is 114 Å². The van der Waals surface area contributed by atoms with Crippen LogP contribution in [-0.2, 0) is 10.3 Å². The van der Waals surface area contributed by atoms with Gasteiger partial charge in [0, 0.05) is 25.3 Å². The number of hydrogen-bond donors (Lipinski definition) is 3. The first-order valence-electron chi connectivity index (χ1n) is 12.2. The molecule has 0 bridgehead atoms. The summed E-state index contributed by atoms with van der Waals surface area (Å²) in [6.45, 7) is 3.77. The molecule has 5 heterocycles. The van der Waals surface area contributed by atoms with E-state index in [0.717, 1.165) is 43.0 Å². The number of halogens is 2. The Labute approximate surface area is 211 Å². The lowest BCUT2D eigenvalue weighted by Gasteiger charge is -2.37. The summed E-state index contributed by atoms with van der Waals surface area (Å²) in [6, 6.07) is 7.49. The first kappa shape index (κ1) is 23.7. The molecule has 3 aromatic heterocycles. The van der Waals surface area contributed by atoms with E-state index in [2.05, 4.69) is 32.2 Å². The first-order chi connectivity index (χ1) is 17.8. The fourth-order valence-corrected chi connectivity index (χ4v) is 5.13. The van der Waals surface area contributed by atoms with Crippen molar-refractivity contribution in [3.05, 3.63) is 66.1 Å². The maximum absolute atomic E-state index is 15.1. The van der Waals surface area contributed by atoms with Crippen molar-refractivity contribution in [3.8, 4) is 11.3 Å². The molecule has 0 radical (unpaired) electrons. The smallest absolute Gasteiger partial charge is 0.229 e. The number of ether oxygens (including phenoxy) is 1. The maximum atomic E-state index is 15.1. The summed E-state index contributed by atoms with van der Waals surface area (Å²) in [5, 5.41) is 18.2. The third-order valence-electron chi connectivity index (χ3n) is 6.98. The van der Waals surface area contributed by atoms with Crippen LogP contribution in [0, 0.1) is 17.6 Å². The van der Waals surface area contributed by atoms with E-state index in [4.69, 9.17) is 10.5 Å². The number of benzene rings is 1. The maximum Gasteiger partial charge on any atom is 0.229 e. The molecule has 2 aliphatic rings. The van der Waals surface area contributed by atoms with Crippen LogP contribution in [0.5, 0.6) is 0 Å². The zero-order valence-electron chi connectivity index (χ0n) is 20.2. The normalized spacial score (nSPS) is 21.2. The Morgan fingerprint density at radius 1 is 1.14 bits per heavy atom. The Bertz CT molecular complexity index is 1440. The van der Waals surface area contributed by atoms with Crippen molar-refractivity contribution in [3.63, 3.8) is 0 Å². The number of imidazole rings is 1. The average Bonchev–Trinajstić information content (AvgIpc) is 3.24. The molecule has 0 spiro atoms. The third-order valence-corrected chi connectivity index (χ3v) is 6.98. The van der Waals surface area contributed by atoms with Gasteiger partial charge in [-0.3, -0.25) is 4.98 Å². The van der Waals surface area contributed by atoms with E-state index >= 15 is 8.78 Å². The van der Waals surface area contributed by atoms with Gasteiger partial charge in [0.1, 0.15) is 17.2 Å². The van der Waals surface area contributed by atoms with Crippen LogP contribution in [0.4, 0.5) is 26.1 Å². The molecule has 0 aliphatic carbocycles. The Kier molecular flexibility index (Phi) is 5.78. The van der Waals surface area contributed by atoms with Crippen LogP contribution in [0.15, 0.2) is 48.9 Å². The van der Waals surface area contributed by atoms with Crippen LogP contribution >= 0.6 is 0 Å². The predicted molar refractivity (Wildman–Crippen MR) is 135 cm³/mol. The number of nitrogens with two attached hydrogens (primary N) is 1. The van der Waals surface area contributed by atoms with E-state index in [1.807, 2.05) is 6.07 Å². The SMILES string of the molecule is C[C@@H]1C[C@H](N)CN(c2ccncc2Nc2ncc3ccc(-c4c(F)cc(C5(O)COC5)cc4F)nn23)C1. The zero-order chi connectivity index (χ0) is 25.7. The lowest BCUT2D eigenvalue weighted by atomic mass is 9.90. The Morgan fingerprint density at radius 2 is 1.92 bits per heavy atom. The van der Waals surface area contributed by atoms with Gasteiger partial charge in [-0.05, 0) is 48.2 Å². The minimum absolute atomic E-state index is 0.00187. The molecule has 192 valence electrons. The second kappa shape index (κ2) is 9.02. The van der Waals surface area contributed by atoms with Gasteiger partial charge in [0.2, 0.25) is 5.95 Å². The number of rotatable bonds is 5. The highest BCUT2D eigenvalue weighted by molar-refractivity contribution is 5.74. The van der Waals surface area contributed by atoms with Crippen LogP contribution in [0.1, 0.15) is 18.9 Å². The van der Waals surface area contributed by atoms with Gasteiger partial charge in [-0.2, -0.15) is 9.61 Å². The predicted octanol–water partition coefficient (Wildman–Crippen LogP) is 3.20.